The van der Waals surface area contributed by atoms with E-state index in [0.29, 0.717) is 22.6 Å². The van der Waals surface area contributed by atoms with Gasteiger partial charge in [-0.05, 0) is 75.6 Å². The smallest absolute Gasteiger partial charge is 0.197 e. The molecule has 1 saturated heterocycles. The fraction of sp³-hybridized carbons (Fsp3) is 0.500. The molecule has 182 valence electrons. The average molecular weight is 525 g/mol. The van der Waals surface area contributed by atoms with Crippen LogP contribution in [0.1, 0.15) is 84.9 Å². The van der Waals surface area contributed by atoms with Gasteiger partial charge in [0.05, 0.1) is 11.1 Å². The van der Waals surface area contributed by atoms with Gasteiger partial charge in [-0.2, -0.15) is 0 Å². The summed E-state index contributed by atoms with van der Waals surface area (Å²) < 4.78 is 12.0. The van der Waals surface area contributed by atoms with E-state index < -0.39 is 19.4 Å². The van der Waals surface area contributed by atoms with Gasteiger partial charge < -0.3 is 9.47 Å². The molecule has 7 rings (SSSR count). The van der Waals surface area contributed by atoms with Crippen molar-refractivity contribution in [2.24, 2.45) is 0 Å². The summed E-state index contributed by atoms with van der Waals surface area (Å²) in [5.74, 6) is 1.61. The van der Waals surface area contributed by atoms with E-state index in [-0.39, 0.29) is 11.6 Å². The largest absolute Gasteiger partial charge is 0.484 e. The zero-order valence-corrected chi connectivity index (χ0v) is 22.0. The summed E-state index contributed by atoms with van der Waals surface area (Å²) in [5.41, 5.74) is 0.0536. The molecule has 0 radical (unpaired) electrons. The van der Waals surface area contributed by atoms with Crippen LogP contribution < -0.4 is 9.47 Å². The molecule has 3 aliphatic heterocycles. The van der Waals surface area contributed by atoms with Gasteiger partial charge in [0.15, 0.2) is 19.7 Å². The summed E-state index contributed by atoms with van der Waals surface area (Å²) in [6.45, 7) is 0. The molecule has 3 fully saturated rings. The first-order valence-electron chi connectivity index (χ1n) is 12.8. The van der Waals surface area contributed by atoms with Crippen LogP contribution in [0.4, 0.5) is 0 Å². The molecule has 0 amide bonds. The maximum absolute atomic E-state index is 14.5. The highest BCUT2D eigenvalue weighted by atomic mass is 33.1. The fourth-order valence-corrected chi connectivity index (χ4v) is 14.3. The number of Topliss-reactive ketones (excluding diaryl/α,β-unsaturated/α-hetero) is 2. The molecule has 3 heterocycles. The lowest BCUT2D eigenvalue weighted by atomic mass is 9.77. The van der Waals surface area contributed by atoms with Gasteiger partial charge in [-0.25, -0.2) is 0 Å². The Kier molecular flexibility index (Phi) is 5.14. The van der Waals surface area contributed by atoms with Crippen LogP contribution in [-0.4, -0.2) is 30.9 Å². The van der Waals surface area contributed by atoms with Gasteiger partial charge in [-0.15, -0.1) is 0 Å². The van der Waals surface area contributed by atoms with Gasteiger partial charge in [0.25, 0.3) is 0 Å². The first-order valence-corrected chi connectivity index (χ1v) is 15.7. The number of ketones is 2. The Balaban J connectivity index is 1.41. The van der Waals surface area contributed by atoms with Crippen LogP contribution in [0.15, 0.2) is 48.5 Å². The van der Waals surface area contributed by atoms with E-state index in [1.54, 1.807) is 33.3 Å². The number of para-hydroxylation sites is 2. The van der Waals surface area contributed by atoms with E-state index in [1.807, 2.05) is 48.5 Å². The van der Waals surface area contributed by atoms with Crippen molar-refractivity contribution in [3.8, 4) is 11.5 Å². The fourth-order valence-electron chi connectivity index (χ4n) is 6.78. The lowest BCUT2D eigenvalue weighted by molar-refractivity contribution is 0.00477. The van der Waals surface area contributed by atoms with Gasteiger partial charge in [0.2, 0.25) is 0 Å². The van der Waals surface area contributed by atoms with Gasteiger partial charge in [0.1, 0.15) is 22.7 Å². The maximum atomic E-state index is 14.5. The van der Waals surface area contributed by atoms with Gasteiger partial charge in [0, 0.05) is 0 Å². The number of fused-ring (bicyclic) bond motifs is 4. The van der Waals surface area contributed by atoms with Crippen LogP contribution in [0, 0.1) is 0 Å². The number of carbonyl (C=O) groups is 2. The summed E-state index contributed by atoms with van der Waals surface area (Å²) in [4.78, 5) is 29.0. The topological polar surface area (TPSA) is 52.6 Å². The first kappa shape index (κ1) is 22.6. The second-order valence-electron chi connectivity index (χ2n) is 10.5. The van der Waals surface area contributed by atoms with Crippen molar-refractivity contribution in [2.45, 2.75) is 83.6 Å². The van der Waals surface area contributed by atoms with E-state index in [9.17, 15) is 9.59 Å². The molecule has 0 bridgehead atoms. The van der Waals surface area contributed by atoms with Crippen LogP contribution in [0.3, 0.4) is 0 Å². The summed E-state index contributed by atoms with van der Waals surface area (Å²) in [6, 6.07) is 15.3. The second-order valence-corrected chi connectivity index (χ2v) is 15.0. The molecule has 2 saturated carbocycles. The molecular weight excluding hydrogens is 497 g/mol. The lowest BCUT2D eigenvalue weighted by Crippen LogP contribution is -2.65. The summed E-state index contributed by atoms with van der Waals surface area (Å²) in [6.07, 6.45) is 9.80. The minimum atomic E-state index is -0.873. The summed E-state index contributed by atoms with van der Waals surface area (Å²) in [7, 11) is 3.20. The number of hydrogen-bond donors (Lipinski definition) is 0. The van der Waals surface area contributed by atoms with E-state index in [2.05, 4.69) is 0 Å². The molecule has 2 aliphatic carbocycles. The quantitative estimate of drug-likeness (QED) is 0.331. The summed E-state index contributed by atoms with van der Waals surface area (Å²) in [5, 5.41) is 0. The van der Waals surface area contributed by atoms with E-state index in [4.69, 9.17) is 9.47 Å². The van der Waals surface area contributed by atoms with Gasteiger partial charge >= 0.3 is 0 Å². The number of benzene rings is 2. The molecule has 0 aromatic heterocycles. The zero-order valence-electron chi connectivity index (χ0n) is 19.5. The molecule has 35 heavy (non-hydrogen) atoms. The first-order chi connectivity index (χ1) is 17.1. The molecule has 0 N–H and O–H groups in total. The second kappa shape index (κ2) is 7.96. The predicted octanol–water partition coefficient (Wildman–Crippen LogP) is 7.46. The number of rotatable bonds is 0. The molecule has 5 aliphatic rings. The molecule has 7 heteroatoms. The Hall–Kier alpha value is -1.57. The van der Waals surface area contributed by atoms with Crippen LogP contribution in [0.2, 0.25) is 0 Å². The standard InChI is InChI=1S/C28H28O4S3/c29-23-19-11-3-5-13-21(19)31-25(15-7-1-8-16-25)27(23)33-28(35-34-27)24(30)20-12-4-6-14-22(20)32-26(28)17-9-2-10-18-26/h3-6,11-14H,1-2,7-10,15-18H2/t27-,28+. The van der Waals surface area contributed by atoms with Crippen molar-refractivity contribution in [3.63, 3.8) is 0 Å². The minimum Gasteiger partial charge on any atom is -0.484 e. The molecule has 4 spiro atoms. The van der Waals surface area contributed by atoms with E-state index in [0.717, 1.165) is 64.2 Å². The molecule has 2 atom stereocenters. The normalized spacial score (nSPS) is 32.3. The third kappa shape index (κ3) is 2.92. The van der Waals surface area contributed by atoms with Crippen molar-refractivity contribution in [1.82, 2.24) is 0 Å². The molecular formula is C28H28O4S3. The maximum Gasteiger partial charge on any atom is 0.197 e. The number of hydrogen-bond acceptors (Lipinski definition) is 7. The number of ether oxygens (including phenoxy) is 2. The van der Waals surface area contributed by atoms with Crippen molar-refractivity contribution < 1.29 is 19.1 Å². The molecule has 4 nitrogen and oxygen atoms in total. The van der Waals surface area contributed by atoms with Crippen molar-refractivity contribution in [1.29, 1.82) is 0 Å². The predicted molar refractivity (Wildman–Crippen MR) is 143 cm³/mol. The molecule has 2 aromatic carbocycles. The Morgan fingerprint density at radius 2 is 0.971 bits per heavy atom. The van der Waals surface area contributed by atoms with Crippen LogP contribution >= 0.6 is 33.3 Å². The summed E-state index contributed by atoms with van der Waals surface area (Å²) >= 11 is 1.59. The van der Waals surface area contributed by atoms with Gasteiger partial charge in [-0.1, -0.05) is 70.5 Å². The Bertz CT molecular complexity index is 1120. The third-order valence-electron chi connectivity index (χ3n) is 8.56. The van der Waals surface area contributed by atoms with Crippen molar-refractivity contribution in [2.75, 3.05) is 0 Å². The highest BCUT2D eigenvalue weighted by Crippen LogP contribution is 2.77. The van der Waals surface area contributed by atoms with Crippen LogP contribution in [-0.2, 0) is 0 Å². The monoisotopic (exact) mass is 524 g/mol. The average Bonchev–Trinajstić information content (AvgIpc) is 3.32. The molecule has 0 unspecified atom stereocenters. The zero-order chi connectivity index (χ0) is 23.7. The van der Waals surface area contributed by atoms with E-state index >= 15 is 0 Å². The Morgan fingerprint density at radius 1 is 0.571 bits per heavy atom. The highest BCUT2D eigenvalue weighted by molar-refractivity contribution is 8.84. The van der Waals surface area contributed by atoms with Gasteiger partial charge in [-0.3, -0.25) is 9.59 Å². The highest BCUT2D eigenvalue weighted by Gasteiger charge is 2.76. The SMILES string of the molecule is O=C1c2ccccc2OC2(CCCCC2)[C@]12SS[C@@]1(S2)C(=O)c2ccccc2OC12CCCCC2. The van der Waals surface area contributed by atoms with Crippen LogP contribution in [0.5, 0.6) is 11.5 Å². The van der Waals surface area contributed by atoms with E-state index in [1.165, 1.54) is 0 Å². The third-order valence-corrected chi connectivity index (χ3v) is 15.3. The van der Waals surface area contributed by atoms with Crippen LogP contribution in [0.25, 0.3) is 0 Å². The number of thioether (sulfide) groups is 1. The van der Waals surface area contributed by atoms with Crippen molar-refractivity contribution in [3.05, 3.63) is 59.7 Å². The minimum absolute atomic E-state index is 0.109. The lowest BCUT2D eigenvalue weighted by Gasteiger charge is -2.54. The number of carbonyl (C=O) groups excluding carboxylic acids is 2. The molecule has 2 aromatic rings. The van der Waals surface area contributed by atoms with Crippen molar-refractivity contribution >= 4 is 44.9 Å². The Morgan fingerprint density at radius 3 is 1.40 bits per heavy atom. The Labute approximate surface area is 218 Å².